The fourth-order valence-electron chi connectivity index (χ4n) is 2.15. The number of nitrogens with one attached hydrogen (secondary N) is 1. The maximum absolute atomic E-state index is 12.1. The van der Waals surface area contributed by atoms with Crippen molar-refractivity contribution in [2.75, 3.05) is 20.3 Å². The Morgan fingerprint density at radius 2 is 1.78 bits per heavy atom. The van der Waals surface area contributed by atoms with Crippen LogP contribution in [0.1, 0.15) is 12.5 Å². The highest BCUT2D eigenvalue weighted by molar-refractivity contribution is 7.89. The van der Waals surface area contributed by atoms with Crippen LogP contribution in [-0.2, 0) is 16.4 Å². The van der Waals surface area contributed by atoms with E-state index >= 15 is 0 Å². The third-order valence-electron chi connectivity index (χ3n) is 3.29. The highest BCUT2D eigenvalue weighted by Crippen LogP contribution is 2.28. The molecule has 5 nitrogen and oxygen atoms in total. The molecule has 124 valence electrons. The summed E-state index contributed by atoms with van der Waals surface area (Å²) in [5.41, 5.74) is 0.973. The first-order valence-electron chi connectivity index (χ1n) is 7.41. The zero-order chi connectivity index (χ0) is 16.7. The molecule has 2 aromatic rings. The lowest BCUT2D eigenvalue weighted by atomic mass is 10.1. The van der Waals surface area contributed by atoms with Crippen molar-refractivity contribution >= 4 is 10.0 Å². The zero-order valence-corrected chi connectivity index (χ0v) is 14.1. The van der Waals surface area contributed by atoms with Gasteiger partial charge >= 0.3 is 0 Å². The topological polar surface area (TPSA) is 64.6 Å². The molecule has 0 atom stereocenters. The van der Waals surface area contributed by atoms with Crippen LogP contribution in [0.4, 0.5) is 0 Å². The summed E-state index contributed by atoms with van der Waals surface area (Å²) in [6.45, 7) is 2.78. The Hall–Kier alpha value is -2.05. The Balaban J connectivity index is 1.99. The molecule has 0 unspecified atom stereocenters. The van der Waals surface area contributed by atoms with Crippen molar-refractivity contribution in [3.8, 4) is 11.5 Å². The number of methoxy groups -OCH3 is 1. The van der Waals surface area contributed by atoms with E-state index in [2.05, 4.69) is 4.72 Å². The Morgan fingerprint density at radius 1 is 1.04 bits per heavy atom. The Bertz CT molecular complexity index is 730. The predicted octanol–water partition coefficient (Wildman–Crippen LogP) is 2.61. The molecule has 0 radical (unpaired) electrons. The van der Waals surface area contributed by atoms with Crippen molar-refractivity contribution in [3.63, 3.8) is 0 Å². The summed E-state index contributed by atoms with van der Waals surface area (Å²) in [4.78, 5) is 0.268. The van der Waals surface area contributed by atoms with Crippen molar-refractivity contribution in [2.45, 2.75) is 18.2 Å². The van der Waals surface area contributed by atoms with Crippen LogP contribution < -0.4 is 14.2 Å². The van der Waals surface area contributed by atoms with E-state index in [0.29, 0.717) is 31.1 Å². The maximum atomic E-state index is 12.1. The first-order chi connectivity index (χ1) is 11.1. The van der Waals surface area contributed by atoms with Crippen LogP contribution in [0.2, 0.25) is 0 Å². The lowest BCUT2D eigenvalue weighted by Gasteiger charge is -2.11. The van der Waals surface area contributed by atoms with Gasteiger partial charge in [-0.25, -0.2) is 13.1 Å². The zero-order valence-electron chi connectivity index (χ0n) is 13.3. The summed E-state index contributed by atoms with van der Waals surface area (Å²) >= 11 is 0. The Kier molecular flexibility index (Phi) is 6.01. The van der Waals surface area contributed by atoms with E-state index < -0.39 is 10.0 Å². The van der Waals surface area contributed by atoms with E-state index in [1.54, 1.807) is 37.4 Å². The summed E-state index contributed by atoms with van der Waals surface area (Å²) in [5, 5.41) is 0. The van der Waals surface area contributed by atoms with E-state index in [1.165, 1.54) is 0 Å². The molecular formula is C17H21NO4S. The van der Waals surface area contributed by atoms with Gasteiger partial charge in [0.05, 0.1) is 18.6 Å². The molecule has 23 heavy (non-hydrogen) atoms. The van der Waals surface area contributed by atoms with Crippen LogP contribution in [0.25, 0.3) is 0 Å². The average molecular weight is 335 g/mol. The smallest absolute Gasteiger partial charge is 0.240 e. The van der Waals surface area contributed by atoms with Crippen molar-refractivity contribution < 1.29 is 17.9 Å². The second-order valence-corrected chi connectivity index (χ2v) is 6.65. The first-order valence-corrected chi connectivity index (χ1v) is 8.89. The summed E-state index contributed by atoms with van der Waals surface area (Å²) < 4.78 is 37.6. The standard InChI is InChI=1S/C17H21NO4S/c1-3-22-16-10-9-14(13-17(16)21-2)11-12-18-23(19,20)15-7-5-4-6-8-15/h4-10,13,18H,3,11-12H2,1-2H3. The van der Waals surface area contributed by atoms with Crippen LogP contribution in [-0.4, -0.2) is 28.7 Å². The van der Waals surface area contributed by atoms with Gasteiger partial charge in [0, 0.05) is 6.54 Å². The first kappa shape index (κ1) is 17.3. The van der Waals surface area contributed by atoms with Gasteiger partial charge in [0.25, 0.3) is 0 Å². The molecule has 2 aromatic carbocycles. The van der Waals surface area contributed by atoms with Crippen molar-refractivity contribution in [3.05, 3.63) is 54.1 Å². The SMILES string of the molecule is CCOc1ccc(CCNS(=O)(=O)c2ccccc2)cc1OC. The molecule has 0 bridgehead atoms. The molecule has 2 rings (SSSR count). The van der Waals surface area contributed by atoms with E-state index in [4.69, 9.17) is 9.47 Å². The second kappa shape index (κ2) is 7.99. The largest absolute Gasteiger partial charge is 0.493 e. The molecule has 6 heteroatoms. The lowest BCUT2D eigenvalue weighted by Crippen LogP contribution is -2.25. The maximum Gasteiger partial charge on any atom is 0.240 e. The minimum absolute atomic E-state index is 0.268. The lowest BCUT2D eigenvalue weighted by molar-refractivity contribution is 0.310. The van der Waals surface area contributed by atoms with Crippen LogP contribution in [0.5, 0.6) is 11.5 Å². The number of sulfonamides is 1. The van der Waals surface area contributed by atoms with Gasteiger partial charge in [-0.1, -0.05) is 24.3 Å². The normalized spacial score (nSPS) is 11.2. The number of benzene rings is 2. The van der Waals surface area contributed by atoms with E-state index in [1.807, 2.05) is 25.1 Å². The quantitative estimate of drug-likeness (QED) is 0.805. The van der Waals surface area contributed by atoms with Crippen LogP contribution >= 0.6 is 0 Å². The number of hydrogen-bond donors (Lipinski definition) is 1. The van der Waals surface area contributed by atoms with Gasteiger partial charge in [0.1, 0.15) is 0 Å². The minimum Gasteiger partial charge on any atom is -0.493 e. The third kappa shape index (κ3) is 4.71. The molecule has 0 spiro atoms. The highest BCUT2D eigenvalue weighted by atomic mass is 32.2. The molecule has 0 saturated carbocycles. The average Bonchev–Trinajstić information content (AvgIpc) is 2.57. The molecule has 0 aromatic heterocycles. The van der Waals surface area contributed by atoms with Crippen LogP contribution in [0, 0.1) is 0 Å². The molecule has 0 heterocycles. The van der Waals surface area contributed by atoms with E-state index in [0.717, 1.165) is 5.56 Å². The molecule has 1 N–H and O–H groups in total. The summed E-state index contributed by atoms with van der Waals surface area (Å²) in [5.74, 6) is 1.33. The van der Waals surface area contributed by atoms with E-state index in [-0.39, 0.29) is 4.90 Å². The summed E-state index contributed by atoms with van der Waals surface area (Å²) in [7, 11) is -1.89. The third-order valence-corrected chi connectivity index (χ3v) is 4.76. The van der Waals surface area contributed by atoms with Gasteiger partial charge in [-0.15, -0.1) is 0 Å². The molecule has 0 aliphatic heterocycles. The van der Waals surface area contributed by atoms with Crippen molar-refractivity contribution in [1.29, 1.82) is 0 Å². The van der Waals surface area contributed by atoms with E-state index in [9.17, 15) is 8.42 Å². The highest BCUT2D eigenvalue weighted by Gasteiger charge is 2.12. The van der Waals surface area contributed by atoms with Crippen LogP contribution in [0.3, 0.4) is 0 Å². The van der Waals surface area contributed by atoms with Crippen molar-refractivity contribution in [2.24, 2.45) is 0 Å². The second-order valence-electron chi connectivity index (χ2n) is 4.88. The predicted molar refractivity (Wildman–Crippen MR) is 89.5 cm³/mol. The van der Waals surface area contributed by atoms with Gasteiger partial charge in [0.2, 0.25) is 10.0 Å². The Morgan fingerprint density at radius 3 is 2.43 bits per heavy atom. The van der Waals surface area contributed by atoms with Crippen LogP contribution in [0.15, 0.2) is 53.4 Å². The fourth-order valence-corrected chi connectivity index (χ4v) is 3.21. The van der Waals surface area contributed by atoms with Gasteiger partial charge in [0.15, 0.2) is 11.5 Å². The van der Waals surface area contributed by atoms with Gasteiger partial charge in [-0.05, 0) is 43.2 Å². The number of ether oxygens (including phenoxy) is 2. The molecular weight excluding hydrogens is 314 g/mol. The molecule has 0 aliphatic carbocycles. The summed E-state index contributed by atoms with van der Waals surface area (Å²) in [6.07, 6.45) is 0.564. The van der Waals surface area contributed by atoms with Crippen molar-refractivity contribution in [1.82, 2.24) is 4.72 Å². The Labute approximate surface area is 137 Å². The number of hydrogen-bond acceptors (Lipinski definition) is 4. The molecule has 0 amide bonds. The molecule has 0 saturated heterocycles. The monoisotopic (exact) mass is 335 g/mol. The van der Waals surface area contributed by atoms with Gasteiger partial charge < -0.3 is 9.47 Å². The molecule has 0 aliphatic rings. The summed E-state index contributed by atoms with van der Waals surface area (Å²) in [6, 6.07) is 13.9. The van der Waals surface area contributed by atoms with Gasteiger partial charge in [-0.3, -0.25) is 0 Å². The molecule has 0 fully saturated rings. The fraction of sp³-hybridized carbons (Fsp3) is 0.294. The number of rotatable bonds is 8. The van der Waals surface area contributed by atoms with Gasteiger partial charge in [-0.2, -0.15) is 0 Å². The minimum atomic E-state index is -3.47.